The Morgan fingerprint density at radius 2 is 1.68 bits per heavy atom. The standard InChI is InChI=1S/C23H19ClF2N2O2S/c1-2-21(23(30)28-17-10-11-20(26)19(24)13-17)31-18-5-3-4-16(12-18)27-22(29)14-6-8-15(25)9-7-14/h3-13,21H,2H2,1H3,(H,27,29)(H,28,30). The lowest BCUT2D eigenvalue weighted by atomic mass is 10.2. The van der Waals surface area contributed by atoms with Gasteiger partial charge in [-0.3, -0.25) is 9.59 Å². The minimum Gasteiger partial charge on any atom is -0.325 e. The van der Waals surface area contributed by atoms with Gasteiger partial charge in [0, 0.05) is 21.8 Å². The van der Waals surface area contributed by atoms with E-state index in [0.29, 0.717) is 23.4 Å². The third-order valence-electron chi connectivity index (χ3n) is 4.33. The molecular weight excluding hydrogens is 442 g/mol. The first kappa shape index (κ1) is 22.8. The second-order valence-electron chi connectivity index (χ2n) is 6.62. The zero-order valence-corrected chi connectivity index (χ0v) is 18.1. The van der Waals surface area contributed by atoms with E-state index >= 15 is 0 Å². The molecular formula is C23H19ClF2N2O2S. The van der Waals surface area contributed by atoms with E-state index in [1.165, 1.54) is 54.2 Å². The van der Waals surface area contributed by atoms with Crippen LogP contribution in [0.4, 0.5) is 20.2 Å². The van der Waals surface area contributed by atoms with Gasteiger partial charge in [-0.15, -0.1) is 11.8 Å². The van der Waals surface area contributed by atoms with E-state index < -0.39 is 16.9 Å². The molecule has 0 aliphatic carbocycles. The predicted molar refractivity (Wildman–Crippen MR) is 121 cm³/mol. The monoisotopic (exact) mass is 460 g/mol. The number of carbonyl (C=O) groups is 2. The van der Waals surface area contributed by atoms with Crippen LogP contribution in [-0.2, 0) is 4.79 Å². The highest BCUT2D eigenvalue weighted by Gasteiger charge is 2.19. The summed E-state index contributed by atoms with van der Waals surface area (Å²) in [6.07, 6.45) is 0.553. The number of carbonyl (C=O) groups excluding carboxylic acids is 2. The number of hydrogen-bond acceptors (Lipinski definition) is 3. The number of anilines is 2. The molecule has 0 spiro atoms. The fourth-order valence-corrected chi connectivity index (χ4v) is 3.93. The molecule has 0 radical (unpaired) electrons. The van der Waals surface area contributed by atoms with E-state index in [9.17, 15) is 18.4 Å². The molecule has 1 unspecified atom stereocenters. The first-order valence-electron chi connectivity index (χ1n) is 9.45. The summed E-state index contributed by atoms with van der Waals surface area (Å²) in [5.41, 5.74) is 1.30. The molecule has 3 aromatic carbocycles. The van der Waals surface area contributed by atoms with Crippen molar-refractivity contribution in [3.05, 3.63) is 89.0 Å². The Morgan fingerprint density at radius 3 is 2.35 bits per heavy atom. The van der Waals surface area contributed by atoms with Gasteiger partial charge in [0.2, 0.25) is 5.91 Å². The lowest BCUT2D eigenvalue weighted by molar-refractivity contribution is -0.115. The van der Waals surface area contributed by atoms with Crippen LogP contribution >= 0.6 is 23.4 Å². The van der Waals surface area contributed by atoms with Crippen LogP contribution in [-0.4, -0.2) is 17.1 Å². The Kier molecular flexibility index (Phi) is 7.65. The van der Waals surface area contributed by atoms with E-state index in [2.05, 4.69) is 10.6 Å². The number of halogens is 3. The number of rotatable bonds is 7. The summed E-state index contributed by atoms with van der Waals surface area (Å²) < 4.78 is 26.3. The third kappa shape index (κ3) is 6.29. The van der Waals surface area contributed by atoms with Crippen LogP contribution in [0.5, 0.6) is 0 Å². The smallest absolute Gasteiger partial charge is 0.255 e. The van der Waals surface area contributed by atoms with Crippen molar-refractivity contribution in [3.8, 4) is 0 Å². The van der Waals surface area contributed by atoms with Crippen molar-refractivity contribution in [2.45, 2.75) is 23.5 Å². The molecule has 0 fully saturated rings. The van der Waals surface area contributed by atoms with Gasteiger partial charge in [0.25, 0.3) is 5.91 Å². The minimum atomic E-state index is -0.555. The molecule has 1 atom stereocenters. The lowest BCUT2D eigenvalue weighted by Gasteiger charge is -2.16. The molecule has 2 amide bonds. The Labute approximate surface area is 188 Å². The number of amides is 2. The maximum atomic E-state index is 13.3. The van der Waals surface area contributed by atoms with Crippen molar-refractivity contribution in [2.75, 3.05) is 10.6 Å². The summed E-state index contributed by atoms with van der Waals surface area (Å²) in [6, 6.07) is 16.4. The van der Waals surface area contributed by atoms with E-state index in [4.69, 9.17) is 11.6 Å². The van der Waals surface area contributed by atoms with Crippen LogP contribution in [0.1, 0.15) is 23.7 Å². The van der Waals surface area contributed by atoms with Crippen LogP contribution in [0, 0.1) is 11.6 Å². The summed E-state index contributed by atoms with van der Waals surface area (Å²) in [4.78, 5) is 25.8. The Balaban J connectivity index is 1.66. The van der Waals surface area contributed by atoms with Gasteiger partial charge in [0.1, 0.15) is 11.6 Å². The molecule has 31 heavy (non-hydrogen) atoms. The molecule has 0 saturated carbocycles. The van der Waals surface area contributed by atoms with Gasteiger partial charge >= 0.3 is 0 Å². The van der Waals surface area contributed by atoms with Gasteiger partial charge in [-0.05, 0) is 67.1 Å². The van der Waals surface area contributed by atoms with Gasteiger partial charge in [0.15, 0.2) is 0 Å². The average molecular weight is 461 g/mol. The maximum absolute atomic E-state index is 13.3. The SMILES string of the molecule is CCC(Sc1cccc(NC(=O)c2ccc(F)cc2)c1)C(=O)Nc1ccc(F)c(Cl)c1. The lowest BCUT2D eigenvalue weighted by Crippen LogP contribution is -2.24. The molecule has 4 nitrogen and oxygen atoms in total. The molecule has 3 rings (SSSR count). The number of nitrogens with one attached hydrogen (secondary N) is 2. The van der Waals surface area contributed by atoms with Crippen LogP contribution in [0.3, 0.4) is 0 Å². The molecule has 3 aromatic rings. The highest BCUT2D eigenvalue weighted by Crippen LogP contribution is 2.29. The third-order valence-corrected chi connectivity index (χ3v) is 5.97. The van der Waals surface area contributed by atoms with Gasteiger partial charge in [0.05, 0.1) is 10.3 Å². The topological polar surface area (TPSA) is 58.2 Å². The van der Waals surface area contributed by atoms with Crippen molar-refractivity contribution in [2.24, 2.45) is 0 Å². The van der Waals surface area contributed by atoms with Crippen molar-refractivity contribution >= 4 is 46.6 Å². The molecule has 8 heteroatoms. The van der Waals surface area contributed by atoms with Crippen molar-refractivity contribution in [3.63, 3.8) is 0 Å². The molecule has 160 valence electrons. The highest BCUT2D eigenvalue weighted by molar-refractivity contribution is 8.00. The molecule has 0 aromatic heterocycles. The molecule has 0 saturated heterocycles. The normalized spacial score (nSPS) is 11.6. The first-order valence-corrected chi connectivity index (χ1v) is 10.7. The van der Waals surface area contributed by atoms with Crippen LogP contribution in [0.2, 0.25) is 5.02 Å². The number of benzene rings is 3. The van der Waals surface area contributed by atoms with Crippen LogP contribution in [0.15, 0.2) is 71.6 Å². The van der Waals surface area contributed by atoms with Crippen LogP contribution < -0.4 is 10.6 Å². The Morgan fingerprint density at radius 1 is 0.968 bits per heavy atom. The van der Waals surface area contributed by atoms with Gasteiger partial charge in [-0.25, -0.2) is 8.78 Å². The fraction of sp³-hybridized carbons (Fsp3) is 0.130. The number of hydrogen-bond donors (Lipinski definition) is 2. The second kappa shape index (κ2) is 10.4. The quantitative estimate of drug-likeness (QED) is 0.402. The zero-order chi connectivity index (χ0) is 22.4. The molecule has 0 heterocycles. The van der Waals surface area contributed by atoms with Gasteiger partial charge in [-0.1, -0.05) is 24.6 Å². The van der Waals surface area contributed by atoms with Crippen LogP contribution in [0.25, 0.3) is 0 Å². The Bertz CT molecular complexity index is 1090. The largest absolute Gasteiger partial charge is 0.325 e. The fourth-order valence-electron chi connectivity index (χ4n) is 2.73. The van der Waals surface area contributed by atoms with E-state index in [1.807, 2.05) is 13.0 Å². The van der Waals surface area contributed by atoms with Gasteiger partial charge in [-0.2, -0.15) is 0 Å². The Hall–Kier alpha value is -2.90. The van der Waals surface area contributed by atoms with E-state index in [0.717, 1.165) is 4.90 Å². The predicted octanol–water partition coefficient (Wildman–Crippen LogP) is 6.38. The zero-order valence-electron chi connectivity index (χ0n) is 16.5. The van der Waals surface area contributed by atoms with E-state index in [1.54, 1.807) is 18.2 Å². The molecule has 0 aliphatic heterocycles. The maximum Gasteiger partial charge on any atom is 0.255 e. The summed E-state index contributed by atoms with van der Waals surface area (Å²) in [5, 5.41) is 5.03. The number of thioether (sulfide) groups is 1. The summed E-state index contributed by atoms with van der Waals surface area (Å²) >= 11 is 7.11. The summed E-state index contributed by atoms with van der Waals surface area (Å²) in [6.45, 7) is 1.88. The average Bonchev–Trinajstić information content (AvgIpc) is 2.75. The molecule has 2 N–H and O–H groups in total. The highest BCUT2D eigenvalue weighted by atomic mass is 35.5. The van der Waals surface area contributed by atoms with Crippen molar-refractivity contribution < 1.29 is 18.4 Å². The van der Waals surface area contributed by atoms with Crippen molar-refractivity contribution in [1.82, 2.24) is 0 Å². The summed E-state index contributed by atoms with van der Waals surface area (Å²) in [5.74, 6) is -1.57. The van der Waals surface area contributed by atoms with Crippen molar-refractivity contribution in [1.29, 1.82) is 0 Å². The first-order chi connectivity index (χ1) is 14.9. The molecule has 0 aliphatic rings. The minimum absolute atomic E-state index is 0.0666. The second-order valence-corrected chi connectivity index (χ2v) is 8.31. The molecule has 0 bridgehead atoms. The van der Waals surface area contributed by atoms with E-state index in [-0.39, 0.29) is 16.8 Å². The summed E-state index contributed by atoms with van der Waals surface area (Å²) in [7, 11) is 0. The van der Waals surface area contributed by atoms with Gasteiger partial charge < -0.3 is 10.6 Å².